The Morgan fingerprint density at radius 3 is 2.12 bits per heavy atom. The maximum atomic E-state index is 14.4. The van der Waals surface area contributed by atoms with Crippen molar-refractivity contribution in [3.63, 3.8) is 0 Å². The van der Waals surface area contributed by atoms with E-state index in [0.717, 1.165) is 8.61 Å². The average Bonchev–Trinajstić information content (AvgIpc) is 2.80. The van der Waals surface area contributed by atoms with Gasteiger partial charge < -0.3 is 10.2 Å². The van der Waals surface area contributed by atoms with Gasteiger partial charge in [0.15, 0.2) is 0 Å². The van der Waals surface area contributed by atoms with Gasteiger partial charge >= 0.3 is 10.2 Å². The SMILES string of the molecule is CC(C)CNC(=O)[C@H](C)N(Cc1ccccc1F)C(=O)CN(c1ccccc1)S(=O)(=O)N(C)C. The van der Waals surface area contributed by atoms with Gasteiger partial charge in [0.2, 0.25) is 11.8 Å². The van der Waals surface area contributed by atoms with E-state index in [1.165, 1.54) is 37.2 Å². The van der Waals surface area contributed by atoms with Crippen LogP contribution in [0.25, 0.3) is 0 Å². The van der Waals surface area contributed by atoms with Crippen molar-refractivity contribution >= 4 is 27.7 Å². The van der Waals surface area contributed by atoms with Gasteiger partial charge in [-0.15, -0.1) is 0 Å². The van der Waals surface area contributed by atoms with Crippen molar-refractivity contribution in [2.45, 2.75) is 33.4 Å². The molecule has 0 saturated heterocycles. The van der Waals surface area contributed by atoms with Gasteiger partial charge in [0.25, 0.3) is 0 Å². The molecule has 0 bridgehead atoms. The van der Waals surface area contributed by atoms with Crippen LogP contribution in [0, 0.1) is 11.7 Å². The second-order valence-corrected chi connectivity index (χ2v) is 10.6. The fraction of sp³-hybridized carbons (Fsp3) is 0.417. The normalized spacial score (nSPS) is 12.5. The minimum Gasteiger partial charge on any atom is -0.354 e. The molecule has 0 heterocycles. The van der Waals surface area contributed by atoms with Gasteiger partial charge in [0.1, 0.15) is 18.4 Å². The average molecular weight is 493 g/mol. The standard InChI is InChI=1S/C24H33FN4O4S/c1-18(2)15-26-24(31)19(3)28(16-20-11-9-10-14-22(20)25)23(30)17-29(34(32,33)27(4)5)21-12-7-6-8-13-21/h6-14,18-19H,15-17H2,1-5H3,(H,26,31)/t19-/m0/s1. The van der Waals surface area contributed by atoms with E-state index in [9.17, 15) is 22.4 Å². The van der Waals surface area contributed by atoms with Crippen LogP contribution in [-0.2, 0) is 26.3 Å². The van der Waals surface area contributed by atoms with Crippen LogP contribution in [0.2, 0.25) is 0 Å². The van der Waals surface area contributed by atoms with Gasteiger partial charge in [-0.1, -0.05) is 50.2 Å². The lowest BCUT2D eigenvalue weighted by Gasteiger charge is -2.33. The molecule has 186 valence electrons. The number of nitrogens with one attached hydrogen (secondary N) is 1. The van der Waals surface area contributed by atoms with E-state index in [1.807, 2.05) is 13.8 Å². The Bertz CT molecular complexity index is 1080. The summed E-state index contributed by atoms with van der Waals surface area (Å²) in [7, 11) is -1.28. The molecule has 10 heteroatoms. The molecule has 0 aliphatic carbocycles. The summed E-state index contributed by atoms with van der Waals surface area (Å²) in [4.78, 5) is 27.5. The Morgan fingerprint density at radius 1 is 0.971 bits per heavy atom. The molecular weight excluding hydrogens is 459 g/mol. The predicted octanol–water partition coefficient (Wildman–Crippen LogP) is 2.63. The third-order valence-corrected chi connectivity index (χ3v) is 7.03. The third kappa shape index (κ3) is 7.01. The highest BCUT2D eigenvalue weighted by atomic mass is 32.2. The van der Waals surface area contributed by atoms with E-state index in [0.29, 0.717) is 12.2 Å². The maximum Gasteiger partial charge on any atom is 0.304 e. The number of amides is 2. The van der Waals surface area contributed by atoms with Crippen molar-refractivity contribution in [3.05, 3.63) is 66.0 Å². The number of halogens is 1. The number of anilines is 1. The van der Waals surface area contributed by atoms with Crippen molar-refractivity contribution in [2.24, 2.45) is 5.92 Å². The number of carbonyl (C=O) groups is 2. The van der Waals surface area contributed by atoms with E-state index in [-0.39, 0.29) is 18.0 Å². The lowest BCUT2D eigenvalue weighted by Crippen LogP contribution is -2.52. The molecule has 34 heavy (non-hydrogen) atoms. The summed E-state index contributed by atoms with van der Waals surface area (Å²) in [5.74, 6) is -1.36. The largest absolute Gasteiger partial charge is 0.354 e. The second-order valence-electron chi connectivity index (χ2n) is 8.56. The molecular formula is C24H33FN4O4S. The molecule has 8 nitrogen and oxygen atoms in total. The second kappa shape index (κ2) is 11.9. The lowest BCUT2D eigenvalue weighted by atomic mass is 10.1. The van der Waals surface area contributed by atoms with Gasteiger partial charge in [-0.05, 0) is 31.0 Å². The van der Waals surface area contributed by atoms with Gasteiger partial charge in [-0.3, -0.25) is 9.59 Å². The Kier molecular flexibility index (Phi) is 9.57. The molecule has 0 fully saturated rings. The topological polar surface area (TPSA) is 90.0 Å². The molecule has 2 aromatic carbocycles. The molecule has 0 saturated carbocycles. The first-order chi connectivity index (χ1) is 15.9. The number of rotatable bonds is 11. The van der Waals surface area contributed by atoms with E-state index in [1.54, 1.807) is 43.3 Å². The monoisotopic (exact) mass is 492 g/mol. The number of carbonyl (C=O) groups excluding carboxylic acids is 2. The number of benzene rings is 2. The van der Waals surface area contributed by atoms with Gasteiger partial charge in [-0.2, -0.15) is 12.7 Å². The highest BCUT2D eigenvalue weighted by molar-refractivity contribution is 7.90. The van der Waals surface area contributed by atoms with Gasteiger partial charge in [0, 0.05) is 32.7 Å². The van der Waals surface area contributed by atoms with Gasteiger partial charge in [-0.25, -0.2) is 8.70 Å². The summed E-state index contributed by atoms with van der Waals surface area (Å²) in [6.07, 6.45) is 0. The Balaban J connectivity index is 2.41. The van der Waals surface area contributed by atoms with Crippen molar-refractivity contribution in [1.29, 1.82) is 0 Å². The molecule has 2 aromatic rings. The van der Waals surface area contributed by atoms with E-state index < -0.39 is 40.4 Å². The van der Waals surface area contributed by atoms with Crippen LogP contribution in [0.1, 0.15) is 26.3 Å². The Hall–Kier alpha value is -2.98. The molecule has 1 atom stereocenters. The Labute approximate surface area is 201 Å². The molecule has 0 aliphatic rings. The number of hydrogen-bond donors (Lipinski definition) is 1. The molecule has 0 aliphatic heterocycles. The molecule has 2 amide bonds. The predicted molar refractivity (Wildman–Crippen MR) is 131 cm³/mol. The first-order valence-electron chi connectivity index (χ1n) is 11.0. The molecule has 0 unspecified atom stereocenters. The number of para-hydroxylation sites is 1. The van der Waals surface area contributed by atoms with E-state index in [2.05, 4.69) is 5.32 Å². The minimum atomic E-state index is -4.02. The Morgan fingerprint density at radius 2 is 1.56 bits per heavy atom. The van der Waals surface area contributed by atoms with Crippen LogP contribution in [0.15, 0.2) is 54.6 Å². The first kappa shape index (κ1) is 27.3. The van der Waals surface area contributed by atoms with Crippen LogP contribution < -0.4 is 9.62 Å². The summed E-state index contributed by atoms with van der Waals surface area (Å²) in [6.45, 7) is 5.10. The summed E-state index contributed by atoms with van der Waals surface area (Å²) in [6, 6.07) is 13.2. The number of nitrogens with zero attached hydrogens (tertiary/aromatic N) is 3. The zero-order valence-corrected chi connectivity index (χ0v) is 21.0. The van der Waals surface area contributed by atoms with E-state index in [4.69, 9.17) is 0 Å². The molecule has 1 N–H and O–H groups in total. The zero-order valence-electron chi connectivity index (χ0n) is 20.2. The van der Waals surface area contributed by atoms with Crippen LogP contribution in [-0.4, -0.2) is 62.7 Å². The van der Waals surface area contributed by atoms with Crippen LogP contribution >= 0.6 is 0 Å². The molecule has 2 rings (SSSR count). The van der Waals surface area contributed by atoms with Crippen LogP contribution in [0.4, 0.5) is 10.1 Å². The fourth-order valence-corrected chi connectivity index (χ4v) is 4.21. The molecule has 0 radical (unpaired) electrons. The third-order valence-electron chi connectivity index (χ3n) is 5.21. The summed E-state index contributed by atoms with van der Waals surface area (Å²) < 4.78 is 42.4. The van der Waals surface area contributed by atoms with Crippen molar-refractivity contribution in [2.75, 3.05) is 31.5 Å². The summed E-state index contributed by atoms with van der Waals surface area (Å²) in [5.41, 5.74) is 0.522. The molecule has 0 spiro atoms. The maximum absolute atomic E-state index is 14.4. The minimum absolute atomic E-state index is 0.188. The van der Waals surface area contributed by atoms with Crippen molar-refractivity contribution in [3.8, 4) is 0 Å². The van der Waals surface area contributed by atoms with Crippen molar-refractivity contribution in [1.82, 2.24) is 14.5 Å². The smallest absolute Gasteiger partial charge is 0.304 e. The highest BCUT2D eigenvalue weighted by Gasteiger charge is 2.32. The van der Waals surface area contributed by atoms with Crippen molar-refractivity contribution < 1.29 is 22.4 Å². The molecule has 0 aromatic heterocycles. The number of hydrogen-bond acceptors (Lipinski definition) is 4. The summed E-state index contributed by atoms with van der Waals surface area (Å²) in [5, 5.41) is 2.78. The van der Waals surface area contributed by atoms with Gasteiger partial charge in [0.05, 0.1) is 5.69 Å². The van der Waals surface area contributed by atoms with Crippen LogP contribution in [0.3, 0.4) is 0 Å². The lowest BCUT2D eigenvalue weighted by molar-refractivity contribution is -0.139. The van der Waals surface area contributed by atoms with Crippen LogP contribution in [0.5, 0.6) is 0 Å². The quantitative estimate of drug-likeness (QED) is 0.522. The van der Waals surface area contributed by atoms with E-state index >= 15 is 0 Å². The zero-order chi connectivity index (χ0) is 25.5. The fourth-order valence-electron chi connectivity index (χ4n) is 3.16. The highest BCUT2D eigenvalue weighted by Crippen LogP contribution is 2.21. The first-order valence-corrected chi connectivity index (χ1v) is 12.4. The summed E-state index contributed by atoms with van der Waals surface area (Å²) >= 11 is 0.